The molecular weight excluding hydrogens is 466 g/mol. The Bertz CT molecular complexity index is 1150. The SMILES string of the molecule is COc1cc(NC(=O)N2CCC[C@@H]2c2nnc(C(=O)Nc3cccc(Cl)c3)s2)cc(OC)c1. The van der Waals surface area contributed by atoms with E-state index in [1.165, 1.54) is 11.3 Å². The highest BCUT2D eigenvalue weighted by atomic mass is 35.5. The van der Waals surface area contributed by atoms with Crippen molar-refractivity contribution in [1.29, 1.82) is 0 Å². The minimum Gasteiger partial charge on any atom is -0.497 e. The molecule has 1 atom stereocenters. The van der Waals surface area contributed by atoms with Crippen molar-refractivity contribution in [3.05, 3.63) is 57.5 Å². The van der Waals surface area contributed by atoms with Crippen LogP contribution in [0.25, 0.3) is 0 Å². The molecule has 2 N–H and O–H groups in total. The van der Waals surface area contributed by atoms with E-state index in [1.54, 1.807) is 61.6 Å². The van der Waals surface area contributed by atoms with E-state index in [0.717, 1.165) is 12.8 Å². The number of aromatic nitrogens is 2. The highest BCUT2D eigenvalue weighted by molar-refractivity contribution is 7.13. The van der Waals surface area contributed by atoms with Crippen molar-refractivity contribution >= 4 is 46.3 Å². The van der Waals surface area contributed by atoms with Gasteiger partial charge in [0.05, 0.1) is 20.3 Å². The molecule has 0 radical (unpaired) electrons. The first-order valence-electron chi connectivity index (χ1n) is 10.2. The van der Waals surface area contributed by atoms with Gasteiger partial charge >= 0.3 is 6.03 Å². The summed E-state index contributed by atoms with van der Waals surface area (Å²) in [5.74, 6) is 0.766. The largest absolute Gasteiger partial charge is 0.497 e. The maximum absolute atomic E-state index is 13.0. The van der Waals surface area contributed by atoms with Crippen molar-refractivity contribution < 1.29 is 19.1 Å². The predicted molar refractivity (Wildman–Crippen MR) is 127 cm³/mol. The fraction of sp³-hybridized carbons (Fsp3) is 0.273. The number of ether oxygens (including phenoxy) is 2. The van der Waals surface area contributed by atoms with Crippen LogP contribution in [0.4, 0.5) is 16.2 Å². The van der Waals surface area contributed by atoms with Crippen molar-refractivity contribution in [2.45, 2.75) is 18.9 Å². The minimum atomic E-state index is -0.376. The molecule has 1 saturated heterocycles. The number of benzene rings is 2. The first-order chi connectivity index (χ1) is 16.0. The van der Waals surface area contributed by atoms with Crippen LogP contribution in [0, 0.1) is 0 Å². The van der Waals surface area contributed by atoms with Crippen LogP contribution < -0.4 is 20.1 Å². The first kappa shape index (κ1) is 22.8. The number of urea groups is 1. The molecule has 0 bridgehead atoms. The molecule has 172 valence electrons. The summed E-state index contributed by atoms with van der Waals surface area (Å²) in [6.07, 6.45) is 1.56. The molecule has 1 fully saturated rings. The molecule has 4 rings (SSSR count). The molecule has 33 heavy (non-hydrogen) atoms. The number of hydrogen-bond donors (Lipinski definition) is 2. The van der Waals surface area contributed by atoms with Gasteiger partial charge < -0.3 is 25.0 Å². The van der Waals surface area contributed by atoms with Crippen molar-refractivity contribution in [2.75, 3.05) is 31.4 Å². The van der Waals surface area contributed by atoms with Crippen LogP contribution in [0.5, 0.6) is 11.5 Å². The monoisotopic (exact) mass is 487 g/mol. The summed E-state index contributed by atoms with van der Waals surface area (Å²) >= 11 is 7.14. The highest BCUT2D eigenvalue weighted by Crippen LogP contribution is 2.35. The number of likely N-dealkylation sites (tertiary alicyclic amines) is 1. The molecule has 0 spiro atoms. The number of rotatable bonds is 6. The Morgan fingerprint density at radius 2 is 1.82 bits per heavy atom. The van der Waals surface area contributed by atoms with Gasteiger partial charge in [0.2, 0.25) is 5.01 Å². The third-order valence-electron chi connectivity index (χ3n) is 5.12. The van der Waals surface area contributed by atoms with Gasteiger partial charge in [0.25, 0.3) is 5.91 Å². The smallest absolute Gasteiger partial charge is 0.322 e. The molecule has 1 aliphatic heterocycles. The molecular formula is C22H22ClN5O4S. The van der Waals surface area contributed by atoms with Gasteiger partial charge in [-0.15, -0.1) is 10.2 Å². The zero-order valence-electron chi connectivity index (χ0n) is 18.0. The molecule has 1 aliphatic rings. The topological polar surface area (TPSA) is 106 Å². The quantitative estimate of drug-likeness (QED) is 0.516. The van der Waals surface area contributed by atoms with Crippen LogP contribution in [0.2, 0.25) is 5.02 Å². The van der Waals surface area contributed by atoms with Crippen molar-refractivity contribution in [1.82, 2.24) is 15.1 Å². The summed E-state index contributed by atoms with van der Waals surface area (Å²) in [5, 5.41) is 15.2. The van der Waals surface area contributed by atoms with E-state index in [9.17, 15) is 9.59 Å². The van der Waals surface area contributed by atoms with E-state index < -0.39 is 0 Å². The van der Waals surface area contributed by atoms with Crippen LogP contribution >= 0.6 is 22.9 Å². The standard InChI is InChI=1S/C22H22ClN5O4S/c1-31-16-10-15(11-17(12-16)32-2)25-22(30)28-8-4-7-18(28)20-26-27-21(33-20)19(29)24-14-6-3-5-13(23)9-14/h3,5-6,9-12,18H,4,7-8H2,1-2H3,(H,24,29)(H,25,30)/t18-/m1/s1. The summed E-state index contributed by atoms with van der Waals surface area (Å²) in [4.78, 5) is 27.3. The number of halogens is 1. The molecule has 1 aromatic heterocycles. The van der Waals surface area contributed by atoms with Crippen molar-refractivity contribution in [3.8, 4) is 11.5 Å². The lowest BCUT2D eigenvalue weighted by Crippen LogP contribution is -2.34. The minimum absolute atomic E-state index is 0.217. The van der Waals surface area contributed by atoms with Gasteiger partial charge in [0.15, 0.2) is 0 Å². The van der Waals surface area contributed by atoms with Gasteiger partial charge in [0.1, 0.15) is 16.5 Å². The number of methoxy groups -OCH3 is 2. The molecule has 2 aromatic carbocycles. The van der Waals surface area contributed by atoms with E-state index in [2.05, 4.69) is 20.8 Å². The lowest BCUT2D eigenvalue weighted by atomic mass is 10.2. The molecule has 0 unspecified atom stereocenters. The molecule has 3 aromatic rings. The molecule has 3 amide bonds. The number of carbonyl (C=O) groups excluding carboxylic acids is 2. The third-order valence-corrected chi connectivity index (χ3v) is 6.38. The maximum Gasteiger partial charge on any atom is 0.322 e. The number of nitrogens with zero attached hydrogens (tertiary/aromatic N) is 3. The normalized spacial score (nSPS) is 15.2. The maximum atomic E-state index is 13.0. The number of nitrogens with one attached hydrogen (secondary N) is 2. The summed E-state index contributed by atoms with van der Waals surface area (Å²) in [5.41, 5.74) is 1.13. The Kier molecular flexibility index (Phi) is 6.95. The van der Waals surface area contributed by atoms with Gasteiger partial charge in [-0.3, -0.25) is 4.79 Å². The van der Waals surface area contributed by atoms with Gasteiger partial charge in [-0.05, 0) is 31.0 Å². The second-order valence-corrected chi connectivity index (χ2v) is 8.74. The summed E-state index contributed by atoms with van der Waals surface area (Å²) < 4.78 is 10.5. The fourth-order valence-electron chi connectivity index (χ4n) is 3.55. The average Bonchev–Trinajstić information content (AvgIpc) is 3.48. The van der Waals surface area contributed by atoms with Crippen LogP contribution in [0.3, 0.4) is 0 Å². The van der Waals surface area contributed by atoms with E-state index in [-0.39, 0.29) is 23.0 Å². The zero-order chi connectivity index (χ0) is 23.4. The van der Waals surface area contributed by atoms with Gasteiger partial charge in [-0.1, -0.05) is 29.0 Å². The Morgan fingerprint density at radius 3 is 2.52 bits per heavy atom. The summed E-state index contributed by atoms with van der Waals surface area (Å²) in [6.45, 7) is 0.571. The van der Waals surface area contributed by atoms with Gasteiger partial charge in [-0.25, -0.2) is 4.79 Å². The van der Waals surface area contributed by atoms with Crippen molar-refractivity contribution in [3.63, 3.8) is 0 Å². The van der Waals surface area contributed by atoms with E-state index in [1.807, 2.05) is 0 Å². The first-order valence-corrected chi connectivity index (χ1v) is 11.4. The van der Waals surface area contributed by atoms with Gasteiger partial charge in [-0.2, -0.15) is 0 Å². The summed E-state index contributed by atoms with van der Waals surface area (Å²) in [6, 6.07) is 11.5. The zero-order valence-corrected chi connectivity index (χ0v) is 19.6. The van der Waals surface area contributed by atoms with Crippen LogP contribution in [0.15, 0.2) is 42.5 Å². The van der Waals surface area contributed by atoms with E-state index in [0.29, 0.717) is 39.4 Å². The molecule has 9 nitrogen and oxygen atoms in total. The average molecular weight is 488 g/mol. The Labute approximate surface area is 199 Å². The van der Waals surface area contributed by atoms with Gasteiger partial charge in [0, 0.05) is 41.1 Å². The summed E-state index contributed by atoms with van der Waals surface area (Å²) in [7, 11) is 3.10. The van der Waals surface area contributed by atoms with Crippen molar-refractivity contribution in [2.24, 2.45) is 0 Å². The Hall–Kier alpha value is -3.37. The Morgan fingerprint density at radius 1 is 1.06 bits per heavy atom. The molecule has 2 heterocycles. The Balaban J connectivity index is 1.46. The lowest BCUT2D eigenvalue weighted by molar-refractivity contribution is 0.102. The van der Waals surface area contributed by atoms with Crippen LogP contribution in [-0.2, 0) is 0 Å². The van der Waals surface area contributed by atoms with E-state index >= 15 is 0 Å². The second kappa shape index (κ2) is 10.1. The van der Waals surface area contributed by atoms with Crippen LogP contribution in [-0.4, -0.2) is 47.8 Å². The molecule has 11 heteroatoms. The fourth-order valence-corrected chi connectivity index (χ4v) is 4.63. The molecule has 0 saturated carbocycles. The lowest BCUT2D eigenvalue weighted by Gasteiger charge is -2.23. The number of anilines is 2. The molecule has 0 aliphatic carbocycles. The number of hydrogen-bond acceptors (Lipinski definition) is 7. The second-order valence-electron chi connectivity index (χ2n) is 7.29. The number of amides is 3. The predicted octanol–water partition coefficient (Wildman–Crippen LogP) is 4.83. The van der Waals surface area contributed by atoms with E-state index in [4.69, 9.17) is 21.1 Å². The highest BCUT2D eigenvalue weighted by Gasteiger charge is 2.33. The van der Waals surface area contributed by atoms with Crippen LogP contribution in [0.1, 0.15) is 33.7 Å². The number of carbonyl (C=O) groups is 2. The third kappa shape index (κ3) is 5.35.